The number of allylic oxidation sites excluding steroid dienone is 5. The van der Waals surface area contributed by atoms with Crippen molar-refractivity contribution >= 4 is 0 Å². The minimum Gasteiger partial charge on any atom is -0.382 e. The summed E-state index contributed by atoms with van der Waals surface area (Å²) < 4.78 is 10.3. The predicted molar refractivity (Wildman–Crippen MR) is 64.9 cm³/mol. The van der Waals surface area contributed by atoms with Crippen LogP contribution in [0.3, 0.4) is 0 Å². The molecule has 0 aliphatic rings. The topological polar surface area (TPSA) is 18.5 Å². The molecule has 0 aromatic rings. The highest BCUT2D eigenvalue weighted by Gasteiger charge is 1.94. The molecule has 0 atom stereocenters. The zero-order chi connectivity index (χ0) is 11.4. The number of hydrogen-bond acceptors (Lipinski definition) is 2. The van der Waals surface area contributed by atoms with E-state index in [4.69, 9.17) is 9.47 Å². The maximum atomic E-state index is 5.42. The van der Waals surface area contributed by atoms with Gasteiger partial charge in [0, 0.05) is 7.11 Å². The van der Waals surface area contributed by atoms with E-state index >= 15 is 0 Å². The van der Waals surface area contributed by atoms with Gasteiger partial charge in [0.1, 0.15) is 0 Å². The van der Waals surface area contributed by atoms with Crippen LogP contribution < -0.4 is 0 Å². The summed E-state index contributed by atoms with van der Waals surface area (Å²) in [6.07, 6.45) is 10.3. The molecule has 0 saturated heterocycles. The van der Waals surface area contributed by atoms with Crippen LogP contribution in [0.5, 0.6) is 0 Å². The van der Waals surface area contributed by atoms with Crippen molar-refractivity contribution in [3.05, 3.63) is 49.1 Å². The van der Waals surface area contributed by atoms with Gasteiger partial charge >= 0.3 is 0 Å². The quantitative estimate of drug-likeness (QED) is 0.329. The molecular weight excluding hydrogens is 188 g/mol. The Morgan fingerprint density at radius 2 is 2.00 bits per heavy atom. The standard InChI is InChI=1S/C13H20O2/c1-4-6-7-9-13(8-5-2)12-15-11-10-14-3/h4-7,9H,1-2,8,10-12H2,3H3/b7-6-,13-9-. The van der Waals surface area contributed by atoms with Crippen molar-refractivity contribution in [2.24, 2.45) is 0 Å². The summed E-state index contributed by atoms with van der Waals surface area (Å²) in [5, 5.41) is 0. The summed E-state index contributed by atoms with van der Waals surface area (Å²) in [6.45, 7) is 9.19. The molecule has 0 rings (SSSR count). The first-order valence-corrected chi connectivity index (χ1v) is 4.99. The van der Waals surface area contributed by atoms with Gasteiger partial charge in [-0.25, -0.2) is 0 Å². The van der Waals surface area contributed by atoms with Crippen LogP contribution in [0.4, 0.5) is 0 Å². The highest BCUT2D eigenvalue weighted by Crippen LogP contribution is 2.03. The fourth-order valence-corrected chi connectivity index (χ4v) is 0.976. The van der Waals surface area contributed by atoms with Crippen molar-refractivity contribution in [1.29, 1.82) is 0 Å². The Morgan fingerprint density at radius 1 is 1.20 bits per heavy atom. The van der Waals surface area contributed by atoms with Crippen molar-refractivity contribution < 1.29 is 9.47 Å². The molecule has 0 saturated carbocycles. The highest BCUT2D eigenvalue weighted by molar-refractivity contribution is 5.17. The predicted octanol–water partition coefficient (Wildman–Crippen LogP) is 2.89. The third-order valence-corrected chi connectivity index (χ3v) is 1.70. The molecular formula is C13H20O2. The van der Waals surface area contributed by atoms with Gasteiger partial charge in [-0.3, -0.25) is 0 Å². The molecule has 0 fully saturated rings. The molecule has 0 aromatic heterocycles. The summed E-state index contributed by atoms with van der Waals surface area (Å²) in [5.74, 6) is 0. The second kappa shape index (κ2) is 11.0. The number of hydrogen-bond donors (Lipinski definition) is 0. The fraction of sp³-hybridized carbons (Fsp3) is 0.385. The molecule has 0 aromatic carbocycles. The van der Waals surface area contributed by atoms with Crippen molar-refractivity contribution in [1.82, 2.24) is 0 Å². The Hall–Kier alpha value is -1.12. The zero-order valence-electron chi connectivity index (χ0n) is 9.45. The molecule has 84 valence electrons. The SMILES string of the molecule is C=C/C=C\C=C(\CC=C)COCCOC. The van der Waals surface area contributed by atoms with Crippen LogP contribution in [0.1, 0.15) is 6.42 Å². The van der Waals surface area contributed by atoms with Crippen molar-refractivity contribution in [3.8, 4) is 0 Å². The second-order valence-corrected chi connectivity index (χ2v) is 2.98. The molecule has 0 radical (unpaired) electrons. The molecule has 0 N–H and O–H groups in total. The molecule has 0 unspecified atom stereocenters. The van der Waals surface area contributed by atoms with Crippen molar-refractivity contribution in [2.75, 3.05) is 26.9 Å². The van der Waals surface area contributed by atoms with Gasteiger partial charge < -0.3 is 9.47 Å². The van der Waals surface area contributed by atoms with E-state index in [0.29, 0.717) is 19.8 Å². The fourth-order valence-electron chi connectivity index (χ4n) is 0.976. The molecule has 0 aliphatic heterocycles. The van der Waals surface area contributed by atoms with Crippen LogP contribution >= 0.6 is 0 Å². The zero-order valence-corrected chi connectivity index (χ0v) is 9.45. The summed E-state index contributed by atoms with van der Waals surface area (Å²) in [6, 6.07) is 0. The number of rotatable bonds is 9. The van der Waals surface area contributed by atoms with E-state index in [9.17, 15) is 0 Å². The van der Waals surface area contributed by atoms with Gasteiger partial charge in [-0.05, 0) is 12.0 Å². The second-order valence-electron chi connectivity index (χ2n) is 2.98. The van der Waals surface area contributed by atoms with E-state index in [1.807, 2.05) is 24.3 Å². The van der Waals surface area contributed by atoms with Crippen LogP contribution in [-0.2, 0) is 9.47 Å². The number of methoxy groups -OCH3 is 1. The van der Waals surface area contributed by atoms with E-state index in [1.165, 1.54) is 5.57 Å². The summed E-state index contributed by atoms with van der Waals surface area (Å²) in [7, 11) is 1.66. The first-order chi connectivity index (χ1) is 7.35. The maximum Gasteiger partial charge on any atom is 0.0704 e. The minimum absolute atomic E-state index is 0.621. The third kappa shape index (κ3) is 9.19. The molecule has 0 amide bonds. The number of ether oxygens (including phenoxy) is 2. The van der Waals surface area contributed by atoms with Gasteiger partial charge in [0.05, 0.1) is 19.8 Å². The first-order valence-electron chi connectivity index (χ1n) is 4.99. The van der Waals surface area contributed by atoms with Gasteiger partial charge in [0.2, 0.25) is 0 Å². The lowest BCUT2D eigenvalue weighted by atomic mass is 10.2. The van der Waals surface area contributed by atoms with Crippen molar-refractivity contribution in [3.63, 3.8) is 0 Å². The Bertz CT molecular complexity index is 227. The average Bonchev–Trinajstić information content (AvgIpc) is 2.24. The van der Waals surface area contributed by atoms with E-state index in [2.05, 4.69) is 13.2 Å². The van der Waals surface area contributed by atoms with E-state index in [0.717, 1.165) is 6.42 Å². The monoisotopic (exact) mass is 208 g/mol. The van der Waals surface area contributed by atoms with E-state index in [-0.39, 0.29) is 0 Å². The van der Waals surface area contributed by atoms with Crippen LogP contribution in [-0.4, -0.2) is 26.9 Å². The van der Waals surface area contributed by atoms with Crippen LogP contribution in [0.25, 0.3) is 0 Å². The maximum absolute atomic E-state index is 5.42. The summed E-state index contributed by atoms with van der Waals surface area (Å²) >= 11 is 0. The van der Waals surface area contributed by atoms with Crippen LogP contribution in [0.2, 0.25) is 0 Å². The molecule has 15 heavy (non-hydrogen) atoms. The minimum atomic E-state index is 0.621. The smallest absolute Gasteiger partial charge is 0.0704 e. The van der Waals surface area contributed by atoms with Gasteiger partial charge in [0.15, 0.2) is 0 Å². The molecule has 2 heteroatoms. The highest BCUT2D eigenvalue weighted by atomic mass is 16.5. The molecule has 0 spiro atoms. The Balaban J connectivity index is 3.91. The van der Waals surface area contributed by atoms with E-state index in [1.54, 1.807) is 13.2 Å². The Labute approximate surface area is 92.6 Å². The normalized spacial score (nSPS) is 11.9. The van der Waals surface area contributed by atoms with Crippen LogP contribution in [0, 0.1) is 0 Å². The van der Waals surface area contributed by atoms with Gasteiger partial charge in [0.25, 0.3) is 0 Å². The van der Waals surface area contributed by atoms with Gasteiger partial charge in [-0.1, -0.05) is 37.0 Å². The van der Waals surface area contributed by atoms with Crippen molar-refractivity contribution in [2.45, 2.75) is 6.42 Å². The average molecular weight is 208 g/mol. The molecule has 0 bridgehead atoms. The Kier molecular flexibility index (Phi) is 10.1. The summed E-state index contributed by atoms with van der Waals surface area (Å²) in [4.78, 5) is 0. The lowest BCUT2D eigenvalue weighted by Crippen LogP contribution is -2.04. The largest absolute Gasteiger partial charge is 0.382 e. The first kappa shape index (κ1) is 13.9. The molecule has 0 aliphatic carbocycles. The van der Waals surface area contributed by atoms with Gasteiger partial charge in [-0.15, -0.1) is 6.58 Å². The Morgan fingerprint density at radius 3 is 2.60 bits per heavy atom. The lowest BCUT2D eigenvalue weighted by Gasteiger charge is -2.05. The third-order valence-electron chi connectivity index (χ3n) is 1.70. The lowest BCUT2D eigenvalue weighted by molar-refractivity contribution is 0.0818. The van der Waals surface area contributed by atoms with Crippen LogP contribution in [0.15, 0.2) is 49.1 Å². The van der Waals surface area contributed by atoms with Gasteiger partial charge in [-0.2, -0.15) is 0 Å². The summed E-state index contributed by atoms with van der Waals surface area (Å²) in [5.41, 5.74) is 1.19. The molecule has 0 heterocycles. The molecule has 2 nitrogen and oxygen atoms in total. The van der Waals surface area contributed by atoms with E-state index < -0.39 is 0 Å².